The van der Waals surface area contributed by atoms with Gasteiger partial charge in [0.2, 0.25) is 0 Å². The van der Waals surface area contributed by atoms with Crippen molar-refractivity contribution in [2.75, 3.05) is 39.6 Å². The summed E-state index contributed by atoms with van der Waals surface area (Å²) in [7, 11) is -9.92. The third-order valence-corrected chi connectivity index (χ3v) is 20.3. The molecule has 0 saturated carbocycles. The van der Waals surface area contributed by atoms with Crippen molar-refractivity contribution in [2.24, 2.45) is 23.7 Å². The van der Waals surface area contributed by atoms with E-state index < -0.39 is 97.5 Å². The van der Waals surface area contributed by atoms with E-state index in [4.69, 9.17) is 37.0 Å². The van der Waals surface area contributed by atoms with Crippen LogP contribution in [0, 0.1) is 23.7 Å². The standard InChI is InChI=1S/C78H152O17P2/c1-9-71(8)57-49-41-33-25-16-12-10-11-13-17-27-36-44-52-60-77(82)94-73(64-88-75(80)58-50-42-34-26-18-14-15-22-30-38-46-54-68(2)3)66-92-96(84,85)90-62-72(79)63-91-97(86,87)93-67-74(65-89-76(81)59-51-43-35-29-21-24-32-40-48-56-70(6)7)95-78(83)61-53-45-37-28-20-19-23-31-39-47-55-69(4)5/h68-74,79H,9-67H2,1-8H3,(H,84,85)(H,86,87)/t71?,72-,73-,74-/m1/s1. The van der Waals surface area contributed by atoms with Crippen molar-refractivity contribution >= 4 is 39.5 Å². The first-order valence-corrected chi connectivity index (χ1v) is 43.2. The molecule has 0 heterocycles. The molecule has 0 aromatic heterocycles. The summed E-state index contributed by atoms with van der Waals surface area (Å²) in [6, 6.07) is 0. The number of hydrogen-bond acceptors (Lipinski definition) is 15. The highest BCUT2D eigenvalue weighted by molar-refractivity contribution is 7.47. The summed E-state index contributed by atoms with van der Waals surface area (Å²) in [6.45, 7) is 14.3. The zero-order valence-electron chi connectivity index (χ0n) is 63.7. The molecule has 19 heteroatoms. The van der Waals surface area contributed by atoms with Gasteiger partial charge in [0.05, 0.1) is 26.4 Å². The molecule has 0 aromatic rings. The van der Waals surface area contributed by atoms with E-state index in [1.54, 1.807) is 0 Å². The summed E-state index contributed by atoms with van der Waals surface area (Å²) in [4.78, 5) is 72.9. The molecule has 0 amide bonds. The largest absolute Gasteiger partial charge is 0.472 e. The third kappa shape index (κ3) is 70.9. The first-order valence-electron chi connectivity index (χ1n) is 40.2. The van der Waals surface area contributed by atoms with Gasteiger partial charge in [0, 0.05) is 25.7 Å². The van der Waals surface area contributed by atoms with E-state index in [0.717, 1.165) is 114 Å². The highest BCUT2D eigenvalue weighted by Crippen LogP contribution is 2.45. The fourth-order valence-electron chi connectivity index (χ4n) is 11.9. The number of carbonyl (C=O) groups excluding carboxylic acids is 4. The predicted molar refractivity (Wildman–Crippen MR) is 395 cm³/mol. The minimum atomic E-state index is -4.96. The summed E-state index contributed by atoms with van der Waals surface area (Å²) in [5, 5.41) is 10.6. The maximum atomic E-state index is 13.1. The molecule has 576 valence electrons. The second-order valence-electron chi connectivity index (χ2n) is 29.8. The lowest BCUT2D eigenvalue weighted by Gasteiger charge is -2.21. The lowest BCUT2D eigenvalue weighted by Crippen LogP contribution is -2.30. The van der Waals surface area contributed by atoms with Crippen LogP contribution in [0.15, 0.2) is 0 Å². The van der Waals surface area contributed by atoms with E-state index in [1.165, 1.54) is 199 Å². The lowest BCUT2D eigenvalue weighted by atomic mass is 9.99. The van der Waals surface area contributed by atoms with Crippen molar-refractivity contribution in [3.05, 3.63) is 0 Å². The molecule has 0 spiro atoms. The first-order chi connectivity index (χ1) is 46.6. The van der Waals surface area contributed by atoms with Crippen LogP contribution in [0.2, 0.25) is 0 Å². The van der Waals surface area contributed by atoms with E-state index in [-0.39, 0.29) is 25.7 Å². The van der Waals surface area contributed by atoms with Gasteiger partial charge in [-0.15, -0.1) is 0 Å². The van der Waals surface area contributed by atoms with Gasteiger partial charge in [-0.1, -0.05) is 344 Å². The second-order valence-corrected chi connectivity index (χ2v) is 32.7. The number of ether oxygens (including phenoxy) is 4. The van der Waals surface area contributed by atoms with Gasteiger partial charge < -0.3 is 33.8 Å². The summed E-state index contributed by atoms with van der Waals surface area (Å²) >= 11 is 0. The van der Waals surface area contributed by atoms with Crippen molar-refractivity contribution in [3.63, 3.8) is 0 Å². The molecule has 0 saturated heterocycles. The Morgan fingerprint density at radius 3 is 0.732 bits per heavy atom. The second kappa shape index (κ2) is 67.2. The van der Waals surface area contributed by atoms with Gasteiger partial charge in [0.1, 0.15) is 19.3 Å². The Hall–Kier alpha value is -1.94. The molecule has 6 atom stereocenters. The number of rotatable bonds is 75. The highest BCUT2D eigenvalue weighted by Gasteiger charge is 2.30. The zero-order valence-corrected chi connectivity index (χ0v) is 65.5. The topological polar surface area (TPSA) is 237 Å². The molecular weight excluding hydrogens is 1270 g/mol. The van der Waals surface area contributed by atoms with Crippen LogP contribution < -0.4 is 0 Å². The smallest absolute Gasteiger partial charge is 0.462 e. The zero-order chi connectivity index (χ0) is 71.7. The Balaban J connectivity index is 5.27. The number of phosphoric ester groups is 2. The molecule has 97 heavy (non-hydrogen) atoms. The van der Waals surface area contributed by atoms with E-state index in [2.05, 4.69) is 55.4 Å². The molecule has 0 aliphatic heterocycles. The SMILES string of the molecule is CCC(C)CCCCCCCCCCCCCCCCC(=O)O[C@H](COC(=O)CCCCCCCCCCCCCC(C)C)COP(=O)(O)OC[C@@H](O)COP(=O)(O)OC[C@@H](COC(=O)CCCCCCCCCCCC(C)C)OC(=O)CCCCCCCCCCCCC(C)C. The van der Waals surface area contributed by atoms with Gasteiger partial charge in [-0.3, -0.25) is 37.3 Å². The minimum absolute atomic E-state index is 0.105. The molecule has 0 fully saturated rings. The fourth-order valence-corrected chi connectivity index (χ4v) is 13.5. The highest BCUT2D eigenvalue weighted by atomic mass is 31.2. The summed E-state index contributed by atoms with van der Waals surface area (Å²) in [5.41, 5.74) is 0. The number of carbonyl (C=O) groups is 4. The van der Waals surface area contributed by atoms with Crippen molar-refractivity contribution in [1.29, 1.82) is 0 Å². The fraction of sp³-hybridized carbons (Fsp3) is 0.949. The summed E-state index contributed by atoms with van der Waals surface area (Å²) in [6.07, 6.45) is 52.6. The average molecular weight is 1420 g/mol. The Labute approximate surface area is 594 Å². The molecule has 0 rings (SSSR count). The number of aliphatic hydroxyl groups excluding tert-OH is 1. The van der Waals surface area contributed by atoms with Crippen molar-refractivity contribution in [3.8, 4) is 0 Å². The normalized spacial score (nSPS) is 14.4. The maximum Gasteiger partial charge on any atom is 0.472 e. The van der Waals surface area contributed by atoms with Crippen LogP contribution in [0.4, 0.5) is 0 Å². The van der Waals surface area contributed by atoms with Gasteiger partial charge in [0.15, 0.2) is 12.2 Å². The van der Waals surface area contributed by atoms with Gasteiger partial charge in [0.25, 0.3) is 0 Å². The van der Waals surface area contributed by atoms with E-state index >= 15 is 0 Å². The van der Waals surface area contributed by atoms with Gasteiger partial charge in [-0.2, -0.15) is 0 Å². The van der Waals surface area contributed by atoms with Gasteiger partial charge >= 0.3 is 39.5 Å². The molecule has 0 bridgehead atoms. The molecule has 0 aliphatic rings. The van der Waals surface area contributed by atoms with E-state index in [0.29, 0.717) is 25.7 Å². The Morgan fingerprint density at radius 1 is 0.289 bits per heavy atom. The van der Waals surface area contributed by atoms with E-state index in [9.17, 15) is 43.2 Å². The molecule has 17 nitrogen and oxygen atoms in total. The van der Waals surface area contributed by atoms with Crippen LogP contribution in [0.25, 0.3) is 0 Å². The Kier molecular flexibility index (Phi) is 65.9. The molecule has 0 aliphatic carbocycles. The third-order valence-electron chi connectivity index (χ3n) is 18.4. The van der Waals surface area contributed by atoms with Crippen molar-refractivity contribution in [2.45, 2.75) is 414 Å². The lowest BCUT2D eigenvalue weighted by molar-refractivity contribution is -0.161. The molecule has 0 aromatic carbocycles. The molecule has 3 unspecified atom stereocenters. The maximum absolute atomic E-state index is 13.1. The van der Waals surface area contributed by atoms with E-state index in [1.807, 2.05) is 0 Å². The average Bonchev–Trinajstić information content (AvgIpc) is 1.28. The van der Waals surface area contributed by atoms with Crippen LogP contribution in [-0.4, -0.2) is 96.7 Å². The van der Waals surface area contributed by atoms with Gasteiger partial charge in [-0.05, 0) is 49.4 Å². The number of unbranched alkanes of at least 4 members (excludes halogenated alkanes) is 40. The number of aliphatic hydroxyl groups is 1. The first kappa shape index (κ1) is 95.1. The summed E-state index contributed by atoms with van der Waals surface area (Å²) in [5.74, 6) is 0.995. The number of esters is 4. The minimum Gasteiger partial charge on any atom is -0.462 e. The van der Waals surface area contributed by atoms with Crippen LogP contribution >= 0.6 is 15.6 Å². The van der Waals surface area contributed by atoms with Gasteiger partial charge in [-0.25, -0.2) is 9.13 Å². The number of phosphoric acid groups is 2. The van der Waals surface area contributed by atoms with Crippen LogP contribution in [-0.2, 0) is 65.4 Å². The Morgan fingerprint density at radius 2 is 0.495 bits per heavy atom. The monoisotopic (exact) mass is 1420 g/mol. The molecule has 0 radical (unpaired) electrons. The number of hydrogen-bond donors (Lipinski definition) is 3. The van der Waals surface area contributed by atoms with Crippen LogP contribution in [0.3, 0.4) is 0 Å². The summed E-state index contributed by atoms with van der Waals surface area (Å²) < 4.78 is 68.6. The Bertz CT molecular complexity index is 1900. The van der Waals surface area contributed by atoms with Crippen molar-refractivity contribution < 1.29 is 80.2 Å². The molecular formula is C78H152O17P2. The predicted octanol–water partition coefficient (Wildman–Crippen LogP) is 22.8. The van der Waals surface area contributed by atoms with Crippen molar-refractivity contribution in [1.82, 2.24) is 0 Å². The van der Waals surface area contributed by atoms with Crippen LogP contribution in [0.1, 0.15) is 396 Å². The quantitative estimate of drug-likeness (QED) is 0.0222. The molecule has 3 N–H and O–H groups in total. The van der Waals surface area contributed by atoms with Crippen LogP contribution in [0.5, 0.6) is 0 Å².